The van der Waals surface area contributed by atoms with Crippen LogP contribution in [0, 0.1) is 0 Å². The summed E-state index contributed by atoms with van der Waals surface area (Å²) < 4.78 is 33.4. The van der Waals surface area contributed by atoms with E-state index >= 15 is 0 Å². The Morgan fingerprint density at radius 3 is 2.84 bits per heavy atom. The van der Waals surface area contributed by atoms with Crippen LogP contribution in [0.25, 0.3) is 11.0 Å². The zero-order valence-electron chi connectivity index (χ0n) is 13.8. The number of carbonyl (C=O) groups excluding carboxylic acids is 1. The average molecular weight is 365 g/mol. The second-order valence-corrected chi connectivity index (χ2v) is 8.29. The Hall–Kier alpha value is -2.35. The number of benzene rings is 1. The molecule has 0 aliphatic carbocycles. The van der Waals surface area contributed by atoms with E-state index in [0.717, 1.165) is 10.9 Å². The summed E-state index contributed by atoms with van der Waals surface area (Å²) in [5, 5.41) is 3.48. The van der Waals surface area contributed by atoms with Gasteiger partial charge in [0.2, 0.25) is 0 Å². The molecule has 134 valence electrons. The fraction of sp³-hybridized carbons (Fsp3) is 0.412. The number of carbonyl (C=O) groups is 1. The van der Waals surface area contributed by atoms with Crippen molar-refractivity contribution in [3.8, 4) is 5.75 Å². The van der Waals surface area contributed by atoms with Crippen LogP contribution in [0.3, 0.4) is 0 Å². The van der Waals surface area contributed by atoms with Crippen LogP contribution in [0.2, 0.25) is 0 Å². The molecule has 0 radical (unpaired) electrons. The second-order valence-electron chi connectivity index (χ2n) is 6.06. The smallest absolute Gasteiger partial charge is 0.336 e. The van der Waals surface area contributed by atoms with Crippen molar-refractivity contribution in [1.29, 1.82) is 0 Å². The molecule has 0 bridgehead atoms. The summed E-state index contributed by atoms with van der Waals surface area (Å²) in [6.45, 7) is 1.71. The lowest BCUT2D eigenvalue weighted by Gasteiger charge is -2.12. The monoisotopic (exact) mass is 365 g/mol. The lowest BCUT2D eigenvalue weighted by atomic mass is 10.1. The summed E-state index contributed by atoms with van der Waals surface area (Å²) in [7, 11) is -3.04. The summed E-state index contributed by atoms with van der Waals surface area (Å²) >= 11 is 0. The van der Waals surface area contributed by atoms with Crippen LogP contribution < -0.4 is 15.7 Å². The first-order chi connectivity index (χ1) is 11.9. The minimum Gasteiger partial charge on any atom is -0.484 e. The number of hydrogen-bond acceptors (Lipinski definition) is 6. The van der Waals surface area contributed by atoms with Crippen molar-refractivity contribution in [1.82, 2.24) is 5.32 Å². The van der Waals surface area contributed by atoms with Gasteiger partial charge in [-0.3, -0.25) is 4.79 Å². The predicted octanol–water partition coefficient (Wildman–Crippen LogP) is 1.04. The van der Waals surface area contributed by atoms with Crippen LogP contribution in [-0.2, 0) is 21.1 Å². The molecule has 25 heavy (non-hydrogen) atoms. The number of aryl methyl sites for hydroxylation is 1. The SMILES string of the molecule is CCc1cc(=O)oc2cc(OCC(=O)NC3CCS(=O)(=O)C3)ccc12. The molecule has 7 nitrogen and oxygen atoms in total. The molecule has 1 amide bonds. The molecular formula is C17H19NO6S. The van der Waals surface area contributed by atoms with Gasteiger partial charge in [-0.2, -0.15) is 0 Å². The van der Waals surface area contributed by atoms with E-state index in [4.69, 9.17) is 9.15 Å². The summed E-state index contributed by atoms with van der Waals surface area (Å²) in [6.07, 6.45) is 1.13. The normalized spacial score (nSPS) is 19.0. The van der Waals surface area contributed by atoms with E-state index in [1.807, 2.05) is 6.92 Å². The number of hydrogen-bond donors (Lipinski definition) is 1. The molecule has 3 rings (SSSR count). The van der Waals surface area contributed by atoms with Crippen molar-refractivity contribution >= 4 is 26.7 Å². The van der Waals surface area contributed by atoms with Crippen molar-refractivity contribution in [2.75, 3.05) is 18.1 Å². The Morgan fingerprint density at radius 1 is 1.36 bits per heavy atom. The Bertz CT molecular complexity index is 963. The Balaban J connectivity index is 1.65. The first-order valence-electron chi connectivity index (χ1n) is 8.05. The molecule has 0 spiro atoms. The van der Waals surface area contributed by atoms with Gasteiger partial charge < -0.3 is 14.5 Å². The van der Waals surface area contributed by atoms with E-state index in [-0.39, 0.29) is 30.1 Å². The van der Waals surface area contributed by atoms with E-state index in [9.17, 15) is 18.0 Å². The third-order valence-corrected chi connectivity index (χ3v) is 5.92. The zero-order valence-corrected chi connectivity index (χ0v) is 14.6. The molecule has 1 saturated heterocycles. The quantitative estimate of drug-likeness (QED) is 0.794. The van der Waals surface area contributed by atoms with Crippen LogP contribution in [0.1, 0.15) is 18.9 Å². The van der Waals surface area contributed by atoms with Crippen molar-refractivity contribution in [2.24, 2.45) is 0 Å². The van der Waals surface area contributed by atoms with Crippen LogP contribution in [0.15, 0.2) is 33.5 Å². The summed E-state index contributed by atoms with van der Waals surface area (Å²) in [5.41, 5.74) is 0.865. The maximum atomic E-state index is 11.9. The molecule has 2 heterocycles. The maximum absolute atomic E-state index is 11.9. The van der Waals surface area contributed by atoms with Crippen molar-refractivity contribution in [2.45, 2.75) is 25.8 Å². The van der Waals surface area contributed by atoms with Crippen molar-refractivity contribution in [3.63, 3.8) is 0 Å². The third kappa shape index (κ3) is 4.19. The summed E-state index contributed by atoms with van der Waals surface area (Å²) in [6, 6.07) is 6.17. The van der Waals surface area contributed by atoms with Crippen LogP contribution >= 0.6 is 0 Å². The number of amides is 1. The number of ether oxygens (including phenoxy) is 1. The second kappa shape index (κ2) is 6.87. The third-order valence-electron chi connectivity index (χ3n) is 4.15. The van der Waals surface area contributed by atoms with Gasteiger partial charge in [-0.25, -0.2) is 13.2 Å². The molecule has 1 unspecified atom stereocenters. The minimum atomic E-state index is -3.04. The Morgan fingerprint density at radius 2 is 2.16 bits per heavy atom. The lowest BCUT2D eigenvalue weighted by molar-refractivity contribution is -0.123. The average Bonchev–Trinajstić information content (AvgIpc) is 2.90. The fourth-order valence-corrected chi connectivity index (χ4v) is 4.59. The van der Waals surface area contributed by atoms with Crippen LogP contribution in [0.5, 0.6) is 5.75 Å². The van der Waals surface area contributed by atoms with Gasteiger partial charge in [-0.1, -0.05) is 6.92 Å². The van der Waals surface area contributed by atoms with Gasteiger partial charge in [0.1, 0.15) is 11.3 Å². The Labute approximate surface area is 144 Å². The number of rotatable bonds is 5. The highest BCUT2D eigenvalue weighted by atomic mass is 32.2. The van der Waals surface area contributed by atoms with Crippen LogP contribution in [0.4, 0.5) is 0 Å². The van der Waals surface area contributed by atoms with Gasteiger partial charge in [-0.05, 0) is 30.5 Å². The van der Waals surface area contributed by atoms with Crippen molar-refractivity contribution < 1.29 is 22.4 Å². The lowest BCUT2D eigenvalue weighted by Crippen LogP contribution is -2.38. The molecule has 1 aromatic carbocycles. The van der Waals surface area contributed by atoms with Gasteiger partial charge in [-0.15, -0.1) is 0 Å². The van der Waals surface area contributed by atoms with E-state index in [1.165, 1.54) is 6.07 Å². The molecule has 1 aliphatic rings. The first-order valence-corrected chi connectivity index (χ1v) is 9.88. The molecule has 1 fully saturated rings. The zero-order chi connectivity index (χ0) is 18.0. The number of nitrogens with one attached hydrogen (secondary N) is 1. The summed E-state index contributed by atoms with van der Waals surface area (Å²) in [5.74, 6) is 0.0890. The highest BCUT2D eigenvalue weighted by Gasteiger charge is 2.28. The standard InChI is InChI=1S/C17H19NO6S/c1-2-11-7-17(20)24-15-8-13(3-4-14(11)15)23-9-16(19)18-12-5-6-25(21,22)10-12/h3-4,7-8,12H,2,5-6,9-10H2,1H3,(H,18,19). The summed E-state index contributed by atoms with van der Waals surface area (Å²) in [4.78, 5) is 23.5. The fourth-order valence-electron chi connectivity index (χ4n) is 2.92. The highest BCUT2D eigenvalue weighted by Crippen LogP contribution is 2.23. The predicted molar refractivity (Wildman–Crippen MR) is 92.6 cm³/mol. The molecule has 8 heteroatoms. The van der Waals surface area contributed by atoms with E-state index < -0.39 is 15.5 Å². The van der Waals surface area contributed by atoms with Crippen LogP contribution in [-0.4, -0.2) is 38.5 Å². The number of sulfone groups is 1. The van der Waals surface area contributed by atoms with Gasteiger partial charge in [0, 0.05) is 23.6 Å². The topological polar surface area (TPSA) is 103 Å². The van der Waals surface area contributed by atoms with Gasteiger partial charge in [0.15, 0.2) is 16.4 Å². The molecule has 0 saturated carbocycles. The molecule has 1 aliphatic heterocycles. The minimum absolute atomic E-state index is 0.0281. The van der Waals surface area contributed by atoms with Gasteiger partial charge >= 0.3 is 5.63 Å². The molecule has 1 N–H and O–H groups in total. The number of fused-ring (bicyclic) bond motifs is 1. The maximum Gasteiger partial charge on any atom is 0.336 e. The largest absolute Gasteiger partial charge is 0.484 e. The van der Waals surface area contributed by atoms with Crippen molar-refractivity contribution in [3.05, 3.63) is 40.2 Å². The van der Waals surface area contributed by atoms with E-state index in [0.29, 0.717) is 24.2 Å². The van der Waals surface area contributed by atoms with E-state index in [2.05, 4.69) is 5.32 Å². The van der Waals surface area contributed by atoms with Gasteiger partial charge in [0.25, 0.3) is 5.91 Å². The first kappa shape index (κ1) is 17.5. The van der Waals surface area contributed by atoms with Gasteiger partial charge in [0.05, 0.1) is 11.5 Å². The molecule has 2 aromatic rings. The molecular weight excluding hydrogens is 346 g/mol. The molecule has 1 atom stereocenters. The molecule has 1 aromatic heterocycles. The van der Waals surface area contributed by atoms with E-state index in [1.54, 1.807) is 18.2 Å². The highest BCUT2D eigenvalue weighted by molar-refractivity contribution is 7.91. The Kier molecular flexibility index (Phi) is 4.80.